The predicted octanol–water partition coefficient (Wildman–Crippen LogP) is 0.661. The van der Waals surface area contributed by atoms with Crippen LogP contribution in [0.15, 0.2) is 23.1 Å². The molecule has 0 radical (unpaired) electrons. The summed E-state index contributed by atoms with van der Waals surface area (Å²) in [6.45, 7) is 7.51. The Morgan fingerprint density at radius 1 is 1.10 bits per heavy atom. The van der Waals surface area contributed by atoms with Crippen molar-refractivity contribution in [2.24, 2.45) is 5.92 Å². The van der Waals surface area contributed by atoms with E-state index in [1.807, 2.05) is 0 Å². The fraction of sp³-hybridized carbons (Fsp3) is 0.733. The summed E-state index contributed by atoms with van der Waals surface area (Å²) in [5.41, 5.74) is -0.00359. The molecule has 0 atom stereocenters. The van der Waals surface area contributed by atoms with Gasteiger partial charge in [0.1, 0.15) is 0 Å². The molecular weight excluding hydrogens is 252 g/mol. The molecule has 1 saturated carbocycles. The van der Waals surface area contributed by atoms with Crippen molar-refractivity contribution in [3.8, 4) is 0 Å². The van der Waals surface area contributed by atoms with Gasteiger partial charge in [0, 0.05) is 51.5 Å². The van der Waals surface area contributed by atoms with Crippen molar-refractivity contribution in [2.75, 3.05) is 39.3 Å². The van der Waals surface area contributed by atoms with Crippen molar-refractivity contribution >= 4 is 0 Å². The van der Waals surface area contributed by atoms with E-state index in [9.17, 15) is 4.79 Å². The zero-order chi connectivity index (χ0) is 13.8. The highest BCUT2D eigenvalue weighted by atomic mass is 16.1. The first-order valence-electron chi connectivity index (χ1n) is 7.78. The van der Waals surface area contributed by atoms with Crippen LogP contribution in [0, 0.1) is 5.92 Å². The summed E-state index contributed by atoms with van der Waals surface area (Å²) in [5, 5.41) is 4.10. The number of hydrogen-bond acceptors (Lipinski definition) is 4. The van der Waals surface area contributed by atoms with Crippen molar-refractivity contribution < 1.29 is 0 Å². The molecule has 2 heterocycles. The first-order chi connectivity index (χ1) is 9.81. The van der Waals surface area contributed by atoms with Crippen LogP contribution in [0.4, 0.5) is 0 Å². The number of rotatable bonds is 5. The maximum atomic E-state index is 11.6. The minimum absolute atomic E-state index is 0.00359. The van der Waals surface area contributed by atoms with Crippen LogP contribution < -0.4 is 5.56 Å². The Labute approximate surface area is 120 Å². The van der Waals surface area contributed by atoms with E-state index in [2.05, 4.69) is 14.9 Å². The number of aromatic nitrogens is 2. The van der Waals surface area contributed by atoms with E-state index < -0.39 is 0 Å². The van der Waals surface area contributed by atoms with Gasteiger partial charge in [-0.3, -0.25) is 9.69 Å². The van der Waals surface area contributed by atoms with E-state index in [-0.39, 0.29) is 5.56 Å². The average molecular weight is 276 g/mol. The van der Waals surface area contributed by atoms with Crippen LogP contribution in [0.5, 0.6) is 0 Å². The molecule has 0 unspecified atom stereocenters. The first kappa shape index (κ1) is 13.8. The molecule has 5 heteroatoms. The molecule has 20 heavy (non-hydrogen) atoms. The van der Waals surface area contributed by atoms with Gasteiger partial charge >= 0.3 is 0 Å². The summed E-state index contributed by atoms with van der Waals surface area (Å²) in [6.07, 6.45) is 5.98. The van der Waals surface area contributed by atoms with Crippen LogP contribution >= 0.6 is 0 Å². The van der Waals surface area contributed by atoms with Crippen LogP contribution in [-0.2, 0) is 6.54 Å². The molecule has 1 aromatic heterocycles. The zero-order valence-electron chi connectivity index (χ0n) is 12.1. The molecule has 1 saturated heterocycles. The van der Waals surface area contributed by atoms with Crippen molar-refractivity contribution in [1.82, 2.24) is 19.6 Å². The Kier molecular flexibility index (Phi) is 4.47. The van der Waals surface area contributed by atoms with Gasteiger partial charge in [-0.05, 0) is 24.8 Å². The molecular formula is C15H24N4O. The third kappa shape index (κ3) is 3.46. The molecule has 2 fully saturated rings. The lowest BCUT2D eigenvalue weighted by molar-refractivity contribution is 0.0976. The number of hydrogen-bond donors (Lipinski definition) is 0. The van der Waals surface area contributed by atoms with E-state index in [1.165, 1.54) is 38.9 Å². The van der Waals surface area contributed by atoms with Crippen molar-refractivity contribution in [1.29, 1.82) is 0 Å². The summed E-state index contributed by atoms with van der Waals surface area (Å²) in [7, 11) is 0. The highest BCUT2D eigenvalue weighted by molar-refractivity contribution is 4.85. The Morgan fingerprint density at radius 3 is 2.50 bits per heavy atom. The van der Waals surface area contributed by atoms with Gasteiger partial charge in [-0.25, -0.2) is 4.68 Å². The lowest BCUT2D eigenvalue weighted by Crippen LogP contribution is -2.49. The highest BCUT2D eigenvalue weighted by Crippen LogP contribution is 2.27. The lowest BCUT2D eigenvalue weighted by Gasteiger charge is -2.38. The fourth-order valence-electron chi connectivity index (χ4n) is 3.03. The Morgan fingerprint density at radius 2 is 1.85 bits per heavy atom. The van der Waals surface area contributed by atoms with E-state index in [0.717, 1.165) is 25.6 Å². The molecule has 0 bridgehead atoms. The summed E-state index contributed by atoms with van der Waals surface area (Å²) < 4.78 is 1.56. The Bertz CT molecular complexity index is 475. The second kappa shape index (κ2) is 6.50. The van der Waals surface area contributed by atoms with Gasteiger partial charge in [-0.15, -0.1) is 0 Å². The standard InChI is InChI=1S/C15H24N4O/c20-15-5-2-6-16-19(15)12-11-17-7-9-18(10-8-17)13-14-3-1-4-14/h2,5-6,14H,1,3-4,7-13H2. The fourth-order valence-corrected chi connectivity index (χ4v) is 3.03. The maximum Gasteiger partial charge on any atom is 0.266 e. The van der Waals surface area contributed by atoms with Crippen LogP contribution in [0.2, 0.25) is 0 Å². The summed E-state index contributed by atoms with van der Waals surface area (Å²) in [5.74, 6) is 0.966. The first-order valence-corrected chi connectivity index (χ1v) is 7.78. The number of piperazine rings is 1. The van der Waals surface area contributed by atoms with Gasteiger partial charge in [0.2, 0.25) is 0 Å². The smallest absolute Gasteiger partial charge is 0.266 e. The Balaban J connectivity index is 1.40. The monoisotopic (exact) mass is 276 g/mol. The largest absolute Gasteiger partial charge is 0.301 e. The molecule has 0 amide bonds. The predicted molar refractivity (Wildman–Crippen MR) is 78.7 cm³/mol. The summed E-state index contributed by atoms with van der Waals surface area (Å²) in [4.78, 5) is 16.6. The molecule has 1 aliphatic heterocycles. The maximum absolute atomic E-state index is 11.6. The van der Waals surface area contributed by atoms with E-state index >= 15 is 0 Å². The zero-order valence-corrected chi connectivity index (χ0v) is 12.1. The minimum Gasteiger partial charge on any atom is -0.301 e. The molecule has 3 rings (SSSR count). The van der Waals surface area contributed by atoms with Crippen LogP contribution in [0.3, 0.4) is 0 Å². The molecule has 110 valence electrons. The molecule has 0 aromatic carbocycles. The van der Waals surface area contributed by atoms with E-state index in [0.29, 0.717) is 6.54 Å². The third-order valence-corrected chi connectivity index (χ3v) is 4.62. The minimum atomic E-state index is -0.00359. The second-order valence-electron chi connectivity index (χ2n) is 6.02. The third-order valence-electron chi connectivity index (χ3n) is 4.62. The van der Waals surface area contributed by atoms with Gasteiger partial charge in [-0.1, -0.05) is 6.42 Å². The Hall–Kier alpha value is -1.20. The lowest BCUT2D eigenvalue weighted by atomic mass is 9.85. The average Bonchev–Trinajstić information content (AvgIpc) is 2.43. The number of nitrogens with zero attached hydrogens (tertiary/aromatic N) is 4. The molecule has 5 nitrogen and oxygen atoms in total. The summed E-state index contributed by atoms with van der Waals surface area (Å²) >= 11 is 0. The SMILES string of the molecule is O=c1cccnn1CCN1CCN(CC2CCC2)CC1. The molecule has 0 N–H and O–H groups in total. The van der Waals surface area contributed by atoms with Gasteiger partial charge < -0.3 is 4.90 Å². The van der Waals surface area contributed by atoms with Crippen LogP contribution in [0.1, 0.15) is 19.3 Å². The van der Waals surface area contributed by atoms with Crippen molar-refractivity contribution in [3.05, 3.63) is 28.7 Å². The molecule has 2 aliphatic rings. The topological polar surface area (TPSA) is 41.4 Å². The molecule has 1 aliphatic carbocycles. The van der Waals surface area contributed by atoms with Gasteiger partial charge in [0.15, 0.2) is 0 Å². The quantitative estimate of drug-likeness (QED) is 0.792. The van der Waals surface area contributed by atoms with Gasteiger partial charge in [-0.2, -0.15) is 5.10 Å². The van der Waals surface area contributed by atoms with E-state index in [4.69, 9.17) is 0 Å². The summed E-state index contributed by atoms with van der Waals surface area (Å²) in [6, 6.07) is 3.27. The van der Waals surface area contributed by atoms with E-state index in [1.54, 1.807) is 23.0 Å². The molecule has 1 aromatic rings. The van der Waals surface area contributed by atoms with Gasteiger partial charge in [0.25, 0.3) is 5.56 Å². The van der Waals surface area contributed by atoms with Gasteiger partial charge in [0.05, 0.1) is 6.54 Å². The van der Waals surface area contributed by atoms with Crippen molar-refractivity contribution in [3.63, 3.8) is 0 Å². The van der Waals surface area contributed by atoms with Crippen molar-refractivity contribution in [2.45, 2.75) is 25.8 Å². The normalized spacial score (nSPS) is 21.8. The van der Waals surface area contributed by atoms with Crippen LogP contribution in [-0.4, -0.2) is 58.8 Å². The highest BCUT2D eigenvalue weighted by Gasteiger charge is 2.23. The van der Waals surface area contributed by atoms with Crippen LogP contribution in [0.25, 0.3) is 0 Å². The second-order valence-corrected chi connectivity index (χ2v) is 6.02. The molecule has 0 spiro atoms.